The summed E-state index contributed by atoms with van der Waals surface area (Å²) >= 11 is 0. The number of rotatable bonds is 0. The summed E-state index contributed by atoms with van der Waals surface area (Å²) in [7, 11) is 3.43. The molecule has 0 saturated carbocycles. The molecule has 4 N–H and O–H groups in total. The van der Waals surface area contributed by atoms with Crippen molar-refractivity contribution >= 4 is 62.8 Å². The number of carbonyl (C=O) groups excluding carboxylic acids is 4. The zero-order valence-electron chi connectivity index (χ0n) is 15.7. The first-order valence-electron chi connectivity index (χ1n) is 8.27. The highest BCUT2D eigenvalue weighted by Crippen LogP contribution is 2.39. The number of phenols is 4. The van der Waals surface area contributed by atoms with Crippen molar-refractivity contribution in [1.29, 1.82) is 0 Å². The van der Waals surface area contributed by atoms with E-state index in [-0.39, 0.29) is 0 Å². The third kappa shape index (κ3) is 3.81. The zero-order valence-corrected chi connectivity index (χ0v) is 15.7. The quantitative estimate of drug-likeness (QED) is 0.177. The Morgan fingerprint density at radius 1 is 0.571 bits per heavy atom. The third-order valence-electron chi connectivity index (χ3n) is 4.52. The molecule has 0 spiro atoms. The molecule has 0 saturated heterocycles. The van der Waals surface area contributed by atoms with E-state index in [2.05, 4.69) is 0 Å². The van der Waals surface area contributed by atoms with E-state index in [0.717, 1.165) is 29.1 Å². The predicted octanol–water partition coefficient (Wildman–Crippen LogP) is -1.91. The second-order valence-corrected chi connectivity index (χ2v) is 7.70. The second kappa shape index (κ2) is 7.07. The smallest absolute Gasteiger partial charge is 0.245 e. The number of benzene rings is 1. The number of carbonyl (C=O) groups is 4. The highest BCUT2D eigenvalue weighted by atomic mass is 16.3. The summed E-state index contributed by atoms with van der Waals surface area (Å²) in [6.45, 7) is 5.44. The van der Waals surface area contributed by atoms with Crippen LogP contribution in [0.5, 0.6) is 23.0 Å². The van der Waals surface area contributed by atoms with E-state index in [9.17, 15) is 39.6 Å². The Morgan fingerprint density at radius 3 is 1.14 bits per heavy atom. The summed E-state index contributed by atoms with van der Waals surface area (Å²) in [4.78, 5) is 49.6. The molecule has 0 fully saturated rings. The van der Waals surface area contributed by atoms with E-state index < -0.39 is 67.3 Å². The van der Waals surface area contributed by atoms with Crippen molar-refractivity contribution in [3.63, 3.8) is 0 Å². The lowest BCUT2D eigenvalue weighted by atomic mass is 9.34. The summed E-state index contributed by atoms with van der Waals surface area (Å²) in [5.74, 6) is -4.02. The molecule has 0 bridgehead atoms. The van der Waals surface area contributed by atoms with E-state index in [4.69, 9.17) is 0 Å². The molecule has 1 aliphatic rings. The van der Waals surface area contributed by atoms with Crippen LogP contribution < -0.4 is 10.9 Å². The molecule has 0 amide bonds. The number of hydrogen-bond donors (Lipinski definition) is 4. The average Bonchev–Trinajstić information content (AvgIpc) is 2.58. The van der Waals surface area contributed by atoms with Crippen molar-refractivity contribution in [1.82, 2.24) is 0 Å². The lowest BCUT2D eigenvalue weighted by Gasteiger charge is -2.26. The Morgan fingerprint density at radius 2 is 0.857 bits per heavy atom. The highest BCUT2D eigenvalue weighted by molar-refractivity contribution is 7.11. The van der Waals surface area contributed by atoms with Crippen LogP contribution in [0.4, 0.5) is 0 Å². The van der Waals surface area contributed by atoms with Gasteiger partial charge in [0.1, 0.15) is 11.4 Å². The molecule has 1 heterocycles. The van der Waals surface area contributed by atoms with Crippen molar-refractivity contribution < 1.29 is 39.6 Å². The van der Waals surface area contributed by atoms with Crippen LogP contribution in [0.3, 0.4) is 0 Å². The molecule has 4 radical (unpaired) electrons. The third-order valence-corrected chi connectivity index (χ3v) is 4.52. The van der Waals surface area contributed by atoms with Crippen LogP contribution in [0.15, 0.2) is 0 Å². The number of hydrogen-bond acceptors (Lipinski definition) is 8. The summed E-state index contributed by atoms with van der Waals surface area (Å²) in [6.07, 6.45) is 0. The lowest BCUT2D eigenvalue weighted by Crippen LogP contribution is -2.50. The van der Waals surface area contributed by atoms with Crippen molar-refractivity contribution in [3.8, 4) is 23.0 Å². The minimum Gasteiger partial charge on any atom is -0.505 e. The molecular weight excluding hydrogens is 363 g/mol. The zero-order chi connectivity index (χ0) is 21.6. The van der Waals surface area contributed by atoms with Crippen LogP contribution in [0, 0.1) is 0 Å². The van der Waals surface area contributed by atoms with Gasteiger partial charge in [-0.05, 0) is 21.6 Å². The summed E-state index contributed by atoms with van der Waals surface area (Å²) in [6, 6.07) is 0. The Labute approximate surface area is 164 Å². The van der Waals surface area contributed by atoms with Gasteiger partial charge in [-0.25, -0.2) is 0 Å². The molecule has 0 atom stereocenters. The lowest BCUT2D eigenvalue weighted by molar-refractivity contribution is -0.128. The first kappa shape index (κ1) is 21.7. The summed E-state index contributed by atoms with van der Waals surface area (Å²) in [5, 5.41) is 37.0. The molecule has 0 aromatic heterocycles. The van der Waals surface area contributed by atoms with Gasteiger partial charge in [-0.3, -0.25) is 0 Å². The SMILES string of the molecule is CC1(C)[B]C(=O)C(=O)[B]C(C)(C)C(=O)[B]c2c(O)c(O)c(O)c(O)c2[B]C1=O. The Hall–Kier alpha value is -2.64. The average molecular weight is 380 g/mol. The molecule has 0 aliphatic carbocycles. The van der Waals surface area contributed by atoms with E-state index in [1.54, 1.807) is 0 Å². The van der Waals surface area contributed by atoms with Gasteiger partial charge in [0.15, 0.2) is 11.5 Å². The second-order valence-electron chi connectivity index (χ2n) is 7.70. The van der Waals surface area contributed by atoms with E-state index >= 15 is 0 Å². The van der Waals surface area contributed by atoms with Gasteiger partial charge in [-0.2, -0.15) is 0 Å². The topological polar surface area (TPSA) is 149 Å². The van der Waals surface area contributed by atoms with Crippen LogP contribution in [0.25, 0.3) is 0 Å². The number of aromatic hydroxyl groups is 4. The first-order valence-corrected chi connectivity index (χ1v) is 8.27. The fourth-order valence-electron chi connectivity index (χ4n) is 2.60. The Bertz CT molecular complexity index is 834. The maximum Gasteiger partial charge on any atom is 0.245 e. The van der Waals surface area contributed by atoms with Gasteiger partial charge >= 0.3 is 0 Å². The van der Waals surface area contributed by atoms with Gasteiger partial charge in [-0.1, -0.05) is 27.7 Å². The summed E-state index contributed by atoms with van der Waals surface area (Å²) < 4.78 is 0. The largest absolute Gasteiger partial charge is 0.505 e. The van der Waals surface area contributed by atoms with E-state index in [1.165, 1.54) is 27.7 Å². The first-order chi connectivity index (χ1) is 12.7. The normalized spacial score (nSPS) is 19.1. The predicted molar refractivity (Wildman–Crippen MR) is 103 cm³/mol. The molecule has 12 heteroatoms. The Kier molecular flexibility index (Phi) is 5.47. The van der Waals surface area contributed by atoms with E-state index in [0.29, 0.717) is 0 Å². The van der Waals surface area contributed by atoms with Crippen molar-refractivity contribution in [2.75, 3.05) is 0 Å². The van der Waals surface area contributed by atoms with Crippen LogP contribution in [0.2, 0.25) is 10.6 Å². The molecule has 1 aromatic carbocycles. The van der Waals surface area contributed by atoms with Crippen LogP contribution in [-0.4, -0.2) is 72.3 Å². The molecule has 8 nitrogen and oxygen atoms in total. The van der Waals surface area contributed by atoms with Gasteiger partial charge in [0.2, 0.25) is 40.6 Å². The maximum absolute atomic E-state index is 12.6. The van der Waals surface area contributed by atoms with Crippen LogP contribution >= 0.6 is 0 Å². The minimum atomic E-state index is -1.47. The van der Waals surface area contributed by atoms with Crippen molar-refractivity contribution in [2.45, 2.75) is 38.3 Å². The molecule has 140 valence electrons. The van der Waals surface area contributed by atoms with Gasteiger partial charge in [0.05, 0.1) is 11.4 Å². The van der Waals surface area contributed by atoms with Gasteiger partial charge in [-0.15, -0.1) is 0 Å². The van der Waals surface area contributed by atoms with Gasteiger partial charge in [0.25, 0.3) is 0 Å². The molecular formula is C16H16B4O8. The molecule has 1 aliphatic heterocycles. The molecule has 0 unspecified atom stereocenters. The standard InChI is InChI=1S/C16H16B4O8/c1-15(2)13(27)17-5-6(8(22)10(24)9(23)7(5)21)18-14(28)16(3,4)20-12(26)11(25)19-15/h21-24H,1-4H3. The van der Waals surface area contributed by atoms with Crippen LogP contribution in [0.1, 0.15) is 27.7 Å². The highest BCUT2D eigenvalue weighted by Gasteiger charge is 2.41. The maximum atomic E-state index is 12.6. The van der Waals surface area contributed by atoms with Crippen LogP contribution in [-0.2, 0) is 19.2 Å². The van der Waals surface area contributed by atoms with Gasteiger partial charge < -0.3 is 39.6 Å². The minimum absolute atomic E-state index is 0.414. The molecule has 28 heavy (non-hydrogen) atoms. The summed E-state index contributed by atoms with van der Waals surface area (Å²) in [5.41, 5.74) is -4.29. The van der Waals surface area contributed by atoms with Crippen molar-refractivity contribution in [3.05, 3.63) is 0 Å². The molecule has 1 aromatic rings. The number of fused-ring (bicyclic) bond motifs is 1. The van der Waals surface area contributed by atoms with Gasteiger partial charge in [0, 0.05) is 0 Å². The monoisotopic (exact) mass is 380 g/mol. The fraction of sp³-hybridized carbons (Fsp3) is 0.375. The fourth-order valence-corrected chi connectivity index (χ4v) is 2.60. The number of phenolic OH excluding ortho intramolecular Hbond substituents is 4. The van der Waals surface area contributed by atoms with Crippen molar-refractivity contribution in [2.24, 2.45) is 0 Å². The molecule has 2 rings (SSSR count). The Balaban J connectivity index is 2.73. The van der Waals surface area contributed by atoms with E-state index in [1.807, 2.05) is 0 Å².